The minimum absolute atomic E-state index is 0.0195. The van der Waals surface area contributed by atoms with Crippen molar-refractivity contribution in [3.63, 3.8) is 0 Å². The Hall–Kier alpha value is -1.63. The van der Waals surface area contributed by atoms with Crippen molar-refractivity contribution in [3.05, 3.63) is 58.9 Å². The summed E-state index contributed by atoms with van der Waals surface area (Å²) in [6.45, 7) is -0.157. The van der Waals surface area contributed by atoms with E-state index in [1.165, 1.54) is 36.4 Å². The molecule has 3 N–H and O–H groups in total. The molecule has 0 spiro atoms. The molecule has 7 heteroatoms. The second-order valence-electron chi connectivity index (χ2n) is 4.11. The van der Waals surface area contributed by atoms with E-state index in [9.17, 15) is 12.8 Å². The zero-order valence-electron chi connectivity index (χ0n) is 10.3. The van der Waals surface area contributed by atoms with Gasteiger partial charge in [-0.1, -0.05) is 29.8 Å². The Labute approximate surface area is 121 Å². The molecule has 0 aliphatic carbocycles. The number of hydrogen-bond acceptors (Lipinski definition) is 3. The topological polar surface area (TPSA) is 72.2 Å². The van der Waals surface area contributed by atoms with Gasteiger partial charge in [-0.3, -0.25) is 0 Å². The number of hydrogen-bond donors (Lipinski definition) is 2. The van der Waals surface area contributed by atoms with Crippen LogP contribution >= 0.6 is 11.6 Å². The lowest BCUT2D eigenvalue weighted by molar-refractivity contribution is 0.574. The van der Waals surface area contributed by atoms with Gasteiger partial charge in [-0.15, -0.1) is 0 Å². The van der Waals surface area contributed by atoms with E-state index in [0.29, 0.717) is 5.69 Å². The summed E-state index contributed by atoms with van der Waals surface area (Å²) in [6.07, 6.45) is 0. The highest BCUT2D eigenvalue weighted by molar-refractivity contribution is 7.89. The fraction of sp³-hybridized carbons (Fsp3) is 0.0769. The summed E-state index contributed by atoms with van der Waals surface area (Å²) >= 11 is 5.85. The molecule has 0 bridgehead atoms. The highest BCUT2D eigenvalue weighted by Crippen LogP contribution is 2.23. The molecule has 2 aromatic rings. The summed E-state index contributed by atoms with van der Waals surface area (Å²) < 4.78 is 39.9. The maximum absolute atomic E-state index is 13.4. The quantitative estimate of drug-likeness (QED) is 0.852. The van der Waals surface area contributed by atoms with Crippen LogP contribution in [0.1, 0.15) is 5.56 Å². The van der Waals surface area contributed by atoms with Crippen LogP contribution in [0.15, 0.2) is 47.4 Å². The van der Waals surface area contributed by atoms with E-state index in [1.807, 2.05) is 0 Å². The number of benzene rings is 2. The summed E-state index contributed by atoms with van der Waals surface area (Å²) in [6, 6.07) is 10.0. The molecule has 106 valence electrons. The molecule has 4 nitrogen and oxygen atoms in total. The van der Waals surface area contributed by atoms with E-state index >= 15 is 0 Å². The van der Waals surface area contributed by atoms with Gasteiger partial charge in [-0.25, -0.2) is 17.5 Å². The molecule has 2 aromatic carbocycles. The predicted molar refractivity (Wildman–Crippen MR) is 76.3 cm³/mol. The van der Waals surface area contributed by atoms with Crippen molar-refractivity contribution in [1.29, 1.82) is 0 Å². The third-order valence-corrected chi connectivity index (χ3v) is 4.54. The van der Waals surface area contributed by atoms with Gasteiger partial charge in [0.2, 0.25) is 10.0 Å². The van der Waals surface area contributed by atoms with E-state index < -0.39 is 15.8 Å². The molecule has 0 heterocycles. The predicted octanol–water partition coefficient (Wildman–Crippen LogP) is 2.54. The average Bonchev–Trinajstić information content (AvgIpc) is 2.37. The van der Waals surface area contributed by atoms with Crippen molar-refractivity contribution in [2.24, 2.45) is 0 Å². The molecule has 0 aliphatic rings. The molecule has 0 aliphatic heterocycles. The summed E-state index contributed by atoms with van der Waals surface area (Å²) in [5, 5.41) is 0.0195. The van der Waals surface area contributed by atoms with E-state index in [0.717, 1.165) is 0 Å². The fourth-order valence-electron chi connectivity index (χ4n) is 1.63. The third kappa shape index (κ3) is 3.27. The SMILES string of the molecule is Nc1ccc(S(=O)(=O)NCc2ccccc2F)c(Cl)c1. The Morgan fingerprint density at radius 3 is 2.55 bits per heavy atom. The molecule has 0 aromatic heterocycles. The Morgan fingerprint density at radius 2 is 1.90 bits per heavy atom. The van der Waals surface area contributed by atoms with Crippen molar-refractivity contribution >= 4 is 27.3 Å². The fourth-order valence-corrected chi connectivity index (χ4v) is 3.18. The summed E-state index contributed by atoms with van der Waals surface area (Å²) in [5.74, 6) is -0.474. The first kappa shape index (κ1) is 14.8. The van der Waals surface area contributed by atoms with Crippen molar-refractivity contribution in [2.45, 2.75) is 11.4 Å². The van der Waals surface area contributed by atoms with Crippen LogP contribution < -0.4 is 10.5 Å². The van der Waals surface area contributed by atoms with Gasteiger partial charge in [0, 0.05) is 17.8 Å². The highest BCUT2D eigenvalue weighted by Gasteiger charge is 2.18. The first-order chi connectivity index (χ1) is 9.40. The second-order valence-corrected chi connectivity index (χ2v) is 6.25. The molecule has 20 heavy (non-hydrogen) atoms. The Bertz CT molecular complexity index is 735. The van der Waals surface area contributed by atoms with E-state index in [1.54, 1.807) is 6.07 Å². The van der Waals surface area contributed by atoms with Crippen molar-refractivity contribution in [3.8, 4) is 0 Å². The smallest absolute Gasteiger partial charge is 0.242 e. The first-order valence-electron chi connectivity index (χ1n) is 5.68. The number of sulfonamides is 1. The minimum Gasteiger partial charge on any atom is -0.399 e. The lowest BCUT2D eigenvalue weighted by atomic mass is 10.2. The van der Waals surface area contributed by atoms with Crippen LogP contribution in [0, 0.1) is 5.82 Å². The Kier molecular flexibility index (Phi) is 4.27. The molecule has 0 saturated heterocycles. The molecule has 0 radical (unpaired) electrons. The maximum atomic E-state index is 13.4. The van der Waals surface area contributed by atoms with Gasteiger partial charge in [-0.2, -0.15) is 0 Å². The van der Waals surface area contributed by atoms with Gasteiger partial charge in [0.25, 0.3) is 0 Å². The van der Waals surface area contributed by atoms with Crippen LogP contribution in [0.3, 0.4) is 0 Å². The molecule has 0 amide bonds. The zero-order chi connectivity index (χ0) is 14.8. The van der Waals surface area contributed by atoms with Crippen LogP contribution in [-0.2, 0) is 16.6 Å². The summed E-state index contributed by atoms with van der Waals surface area (Å²) in [4.78, 5) is -0.0929. The van der Waals surface area contributed by atoms with Crippen LogP contribution in [0.25, 0.3) is 0 Å². The number of anilines is 1. The minimum atomic E-state index is -3.83. The lowest BCUT2D eigenvalue weighted by Crippen LogP contribution is -2.24. The number of halogens is 2. The number of nitrogens with two attached hydrogens (primary N) is 1. The van der Waals surface area contributed by atoms with E-state index in [4.69, 9.17) is 17.3 Å². The van der Waals surface area contributed by atoms with Gasteiger partial charge in [0.1, 0.15) is 10.7 Å². The van der Waals surface area contributed by atoms with Gasteiger partial charge in [0.05, 0.1) is 5.02 Å². The number of nitrogens with one attached hydrogen (secondary N) is 1. The Balaban J connectivity index is 2.22. The maximum Gasteiger partial charge on any atom is 0.242 e. The van der Waals surface area contributed by atoms with Gasteiger partial charge >= 0.3 is 0 Å². The Morgan fingerprint density at radius 1 is 1.20 bits per heavy atom. The highest BCUT2D eigenvalue weighted by atomic mass is 35.5. The average molecular weight is 315 g/mol. The molecule has 0 fully saturated rings. The molecule has 2 rings (SSSR count). The molecule has 0 unspecified atom stereocenters. The van der Waals surface area contributed by atoms with Crippen LogP contribution in [-0.4, -0.2) is 8.42 Å². The largest absolute Gasteiger partial charge is 0.399 e. The van der Waals surface area contributed by atoms with Gasteiger partial charge in [0.15, 0.2) is 0 Å². The normalized spacial score (nSPS) is 11.5. The van der Waals surface area contributed by atoms with Crippen molar-refractivity contribution < 1.29 is 12.8 Å². The van der Waals surface area contributed by atoms with Crippen molar-refractivity contribution in [2.75, 3.05) is 5.73 Å². The first-order valence-corrected chi connectivity index (χ1v) is 7.54. The summed E-state index contributed by atoms with van der Waals surface area (Å²) in [7, 11) is -3.83. The monoisotopic (exact) mass is 314 g/mol. The van der Waals surface area contributed by atoms with Gasteiger partial charge in [-0.05, 0) is 24.3 Å². The molecule has 0 atom stereocenters. The van der Waals surface area contributed by atoms with Crippen LogP contribution in [0.4, 0.5) is 10.1 Å². The lowest BCUT2D eigenvalue weighted by Gasteiger charge is -2.09. The second kappa shape index (κ2) is 5.78. The number of rotatable bonds is 4. The zero-order valence-corrected chi connectivity index (χ0v) is 11.9. The van der Waals surface area contributed by atoms with Crippen LogP contribution in [0.2, 0.25) is 5.02 Å². The molecular formula is C13H12ClFN2O2S. The van der Waals surface area contributed by atoms with Crippen LogP contribution in [0.5, 0.6) is 0 Å². The third-order valence-electron chi connectivity index (χ3n) is 2.66. The molecular weight excluding hydrogens is 303 g/mol. The summed E-state index contributed by atoms with van der Waals surface area (Å²) in [5.41, 5.74) is 6.12. The standard InChI is InChI=1S/C13H12ClFN2O2S/c14-11-7-10(16)5-6-13(11)20(18,19)17-8-9-3-1-2-4-12(9)15/h1-7,17H,8,16H2. The van der Waals surface area contributed by atoms with Crippen molar-refractivity contribution in [1.82, 2.24) is 4.72 Å². The van der Waals surface area contributed by atoms with Gasteiger partial charge < -0.3 is 5.73 Å². The van der Waals surface area contributed by atoms with E-state index in [2.05, 4.69) is 4.72 Å². The molecule has 0 saturated carbocycles. The van der Waals surface area contributed by atoms with E-state index in [-0.39, 0.29) is 22.0 Å². The number of nitrogen functional groups attached to an aromatic ring is 1.